The Morgan fingerprint density at radius 1 is 1.12 bits per heavy atom. The summed E-state index contributed by atoms with van der Waals surface area (Å²) < 4.78 is 30.0. The molecule has 6 nitrogen and oxygen atoms in total. The van der Waals surface area contributed by atoms with Crippen LogP contribution in [0.25, 0.3) is 10.8 Å². The van der Waals surface area contributed by atoms with E-state index in [2.05, 4.69) is 9.71 Å². The molecule has 0 amide bonds. The van der Waals surface area contributed by atoms with E-state index in [-0.39, 0.29) is 11.4 Å². The Morgan fingerprint density at radius 2 is 1.83 bits per heavy atom. The Kier molecular flexibility index (Phi) is 4.29. The zero-order valence-electron chi connectivity index (χ0n) is 13.9. The Balaban J connectivity index is 1.89. The van der Waals surface area contributed by atoms with E-state index in [1.807, 2.05) is 60.9 Å². The maximum absolute atomic E-state index is 12.7. The van der Waals surface area contributed by atoms with Crippen LogP contribution in [0, 0.1) is 0 Å². The molecule has 0 saturated heterocycles. The first-order valence-electron chi connectivity index (χ1n) is 7.55. The van der Waals surface area contributed by atoms with E-state index < -0.39 is 10.0 Å². The van der Waals surface area contributed by atoms with Gasteiger partial charge in [-0.15, -0.1) is 0 Å². The SMILES string of the molecule is CN(C)c1ncc(CNS(=O)(=O)c2cccc3ccccc23)n1C. The van der Waals surface area contributed by atoms with E-state index >= 15 is 0 Å². The highest BCUT2D eigenvalue weighted by molar-refractivity contribution is 7.89. The number of fused-ring (bicyclic) bond motifs is 1. The summed E-state index contributed by atoms with van der Waals surface area (Å²) >= 11 is 0. The van der Waals surface area contributed by atoms with Crippen LogP contribution in [0.3, 0.4) is 0 Å². The normalized spacial score (nSPS) is 11.8. The molecule has 2 aromatic carbocycles. The summed E-state index contributed by atoms with van der Waals surface area (Å²) in [5.41, 5.74) is 0.794. The predicted octanol–water partition coefficient (Wildman–Crippen LogP) is 2.12. The van der Waals surface area contributed by atoms with Gasteiger partial charge in [-0.25, -0.2) is 18.1 Å². The third kappa shape index (κ3) is 3.00. The van der Waals surface area contributed by atoms with Gasteiger partial charge in [-0.05, 0) is 11.5 Å². The van der Waals surface area contributed by atoms with Crippen LogP contribution in [0.15, 0.2) is 53.6 Å². The molecule has 0 aliphatic rings. The maximum Gasteiger partial charge on any atom is 0.241 e. The van der Waals surface area contributed by atoms with Crippen LogP contribution in [-0.4, -0.2) is 32.1 Å². The second-order valence-electron chi connectivity index (χ2n) is 5.80. The summed E-state index contributed by atoms with van der Waals surface area (Å²) in [6.45, 7) is 0.183. The number of rotatable bonds is 5. The Hall–Kier alpha value is -2.38. The third-order valence-electron chi connectivity index (χ3n) is 3.94. The lowest BCUT2D eigenvalue weighted by Crippen LogP contribution is -2.25. The smallest absolute Gasteiger partial charge is 0.241 e. The van der Waals surface area contributed by atoms with Gasteiger partial charge in [0.2, 0.25) is 16.0 Å². The molecule has 0 atom stereocenters. The van der Waals surface area contributed by atoms with Crippen LogP contribution in [0.4, 0.5) is 5.95 Å². The molecule has 3 rings (SSSR count). The molecule has 0 aliphatic heterocycles. The molecule has 0 saturated carbocycles. The second-order valence-corrected chi connectivity index (χ2v) is 7.54. The third-order valence-corrected chi connectivity index (χ3v) is 5.40. The van der Waals surface area contributed by atoms with Crippen LogP contribution < -0.4 is 9.62 Å². The van der Waals surface area contributed by atoms with Crippen LogP contribution >= 0.6 is 0 Å². The molecule has 24 heavy (non-hydrogen) atoms. The van der Waals surface area contributed by atoms with Gasteiger partial charge >= 0.3 is 0 Å². The van der Waals surface area contributed by atoms with Gasteiger partial charge < -0.3 is 9.47 Å². The number of nitrogens with zero attached hydrogens (tertiary/aromatic N) is 3. The number of imidazole rings is 1. The van der Waals surface area contributed by atoms with Gasteiger partial charge in [-0.1, -0.05) is 36.4 Å². The van der Waals surface area contributed by atoms with Crippen molar-refractivity contribution in [1.29, 1.82) is 0 Å². The molecule has 1 aromatic heterocycles. The number of anilines is 1. The molecule has 7 heteroatoms. The Bertz CT molecular complexity index is 972. The second kappa shape index (κ2) is 6.26. The Labute approximate surface area is 141 Å². The van der Waals surface area contributed by atoms with Crippen molar-refractivity contribution in [2.75, 3.05) is 19.0 Å². The van der Waals surface area contributed by atoms with Gasteiger partial charge in [0.15, 0.2) is 0 Å². The van der Waals surface area contributed by atoms with Gasteiger partial charge in [0.05, 0.1) is 23.3 Å². The van der Waals surface area contributed by atoms with Crippen LogP contribution in [0.5, 0.6) is 0 Å². The van der Waals surface area contributed by atoms with Crippen molar-refractivity contribution in [2.45, 2.75) is 11.4 Å². The topological polar surface area (TPSA) is 67.2 Å². The zero-order valence-corrected chi connectivity index (χ0v) is 14.7. The van der Waals surface area contributed by atoms with E-state index in [1.54, 1.807) is 18.3 Å². The van der Waals surface area contributed by atoms with Gasteiger partial charge in [0, 0.05) is 26.5 Å². The van der Waals surface area contributed by atoms with E-state index in [0.717, 1.165) is 17.0 Å². The standard InChI is InChI=1S/C17H20N4O2S/c1-20(2)17-18-11-14(21(17)3)12-19-24(22,23)16-10-6-8-13-7-4-5-9-15(13)16/h4-11,19H,12H2,1-3H3. The molecular weight excluding hydrogens is 324 g/mol. The van der Waals surface area contributed by atoms with Crippen molar-refractivity contribution in [3.8, 4) is 0 Å². The van der Waals surface area contributed by atoms with Crippen molar-refractivity contribution in [3.05, 3.63) is 54.4 Å². The minimum atomic E-state index is -3.62. The molecule has 0 bridgehead atoms. The molecule has 1 heterocycles. The molecule has 0 spiro atoms. The van der Waals surface area contributed by atoms with Gasteiger partial charge in [0.25, 0.3) is 0 Å². The minimum absolute atomic E-state index is 0.183. The number of aromatic nitrogens is 2. The van der Waals surface area contributed by atoms with E-state index in [9.17, 15) is 8.42 Å². The quantitative estimate of drug-likeness (QED) is 0.770. The summed E-state index contributed by atoms with van der Waals surface area (Å²) in [5, 5.41) is 1.61. The summed E-state index contributed by atoms with van der Waals surface area (Å²) in [5.74, 6) is 0.773. The highest BCUT2D eigenvalue weighted by Gasteiger charge is 2.18. The van der Waals surface area contributed by atoms with Gasteiger partial charge in [-0.2, -0.15) is 0 Å². The summed E-state index contributed by atoms with van der Waals surface area (Å²) in [7, 11) is 2.04. The molecule has 0 aliphatic carbocycles. The maximum atomic E-state index is 12.7. The minimum Gasteiger partial charge on any atom is -0.348 e. The summed E-state index contributed by atoms with van der Waals surface area (Å²) in [6, 6.07) is 12.7. The number of nitrogens with one attached hydrogen (secondary N) is 1. The molecule has 126 valence electrons. The fraction of sp³-hybridized carbons (Fsp3) is 0.235. The van der Waals surface area contributed by atoms with Crippen molar-refractivity contribution >= 4 is 26.7 Å². The lowest BCUT2D eigenvalue weighted by Gasteiger charge is -2.13. The zero-order chi connectivity index (χ0) is 17.3. The van der Waals surface area contributed by atoms with Crippen molar-refractivity contribution in [2.24, 2.45) is 7.05 Å². The lowest BCUT2D eigenvalue weighted by atomic mass is 10.1. The molecule has 0 fully saturated rings. The number of benzene rings is 2. The summed E-state index contributed by atoms with van der Waals surface area (Å²) in [6.07, 6.45) is 1.68. The average Bonchev–Trinajstić information content (AvgIpc) is 2.93. The molecule has 0 radical (unpaired) electrons. The first kappa shape index (κ1) is 16.5. The van der Waals surface area contributed by atoms with E-state index in [0.29, 0.717) is 5.39 Å². The Morgan fingerprint density at radius 3 is 2.54 bits per heavy atom. The van der Waals surface area contributed by atoms with Gasteiger partial charge in [0.1, 0.15) is 0 Å². The fourth-order valence-electron chi connectivity index (χ4n) is 2.69. The number of hydrogen-bond acceptors (Lipinski definition) is 4. The van der Waals surface area contributed by atoms with Crippen molar-refractivity contribution < 1.29 is 8.42 Å². The molecule has 3 aromatic rings. The van der Waals surface area contributed by atoms with E-state index in [1.165, 1.54) is 0 Å². The molecule has 0 unspecified atom stereocenters. The highest BCUT2D eigenvalue weighted by Crippen LogP contribution is 2.23. The number of hydrogen-bond donors (Lipinski definition) is 1. The van der Waals surface area contributed by atoms with Crippen molar-refractivity contribution in [1.82, 2.24) is 14.3 Å². The monoisotopic (exact) mass is 344 g/mol. The van der Waals surface area contributed by atoms with Crippen LogP contribution in [-0.2, 0) is 23.6 Å². The predicted molar refractivity (Wildman–Crippen MR) is 95.5 cm³/mol. The largest absolute Gasteiger partial charge is 0.348 e. The molecular formula is C17H20N4O2S. The van der Waals surface area contributed by atoms with E-state index in [4.69, 9.17) is 0 Å². The van der Waals surface area contributed by atoms with Crippen molar-refractivity contribution in [3.63, 3.8) is 0 Å². The lowest BCUT2D eigenvalue weighted by molar-refractivity contribution is 0.580. The summed E-state index contributed by atoms with van der Waals surface area (Å²) in [4.78, 5) is 6.46. The fourth-order valence-corrected chi connectivity index (χ4v) is 3.92. The first-order valence-corrected chi connectivity index (χ1v) is 9.04. The van der Waals surface area contributed by atoms with Crippen LogP contribution in [0.2, 0.25) is 0 Å². The van der Waals surface area contributed by atoms with Crippen LogP contribution in [0.1, 0.15) is 5.69 Å². The van der Waals surface area contributed by atoms with Gasteiger partial charge in [-0.3, -0.25) is 0 Å². The number of sulfonamides is 1. The average molecular weight is 344 g/mol. The molecule has 1 N–H and O–H groups in total. The first-order chi connectivity index (χ1) is 11.4. The highest BCUT2D eigenvalue weighted by atomic mass is 32.2.